The molecule has 1 atom stereocenters. The molecule has 0 aliphatic heterocycles. The summed E-state index contributed by atoms with van der Waals surface area (Å²) in [6, 6.07) is 19.6. The topological polar surface area (TPSA) is 52.6 Å². The highest BCUT2D eigenvalue weighted by Crippen LogP contribution is 2.39. The lowest BCUT2D eigenvalue weighted by Gasteiger charge is -2.13. The number of ether oxygens (including phenoxy) is 2. The maximum absolute atomic E-state index is 14.1. The summed E-state index contributed by atoms with van der Waals surface area (Å²) in [7, 11) is 0. The van der Waals surface area contributed by atoms with Gasteiger partial charge in [-0.3, -0.25) is 4.79 Å². The first-order valence-corrected chi connectivity index (χ1v) is 9.38. The Bertz CT molecular complexity index is 1080. The number of rotatable bonds is 5. The molecule has 29 heavy (non-hydrogen) atoms. The molecule has 0 aromatic heterocycles. The normalized spacial score (nSPS) is 15.1. The Hall–Kier alpha value is -3.47. The fourth-order valence-corrected chi connectivity index (χ4v) is 3.65. The Morgan fingerprint density at radius 1 is 1.00 bits per heavy atom. The van der Waals surface area contributed by atoms with Gasteiger partial charge in [0, 0.05) is 17.5 Å². The molecule has 0 fully saturated rings. The summed E-state index contributed by atoms with van der Waals surface area (Å²) in [6.45, 7) is 1.45. The molecule has 0 heterocycles. The SMILES string of the molecule is CC1CC(=O)c2c(OC(=O)COc3ccccc3-c3ccccc3)ccc(F)c21. The predicted molar refractivity (Wildman–Crippen MR) is 107 cm³/mol. The maximum atomic E-state index is 14.1. The van der Waals surface area contributed by atoms with E-state index in [9.17, 15) is 14.0 Å². The van der Waals surface area contributed by atoms with E-state index < -0.39 is 11.8 Å². The van der Waals surface area contributed by atoms with Crippen molar-refractivity contribution < 1.29 is 23.5 Å². The van der Waals surface area contributed by atoms with Crippen molar-refractivity contribution in [3.05, 3.63) is 83.7 Å². The molecule has 3 aromatic rings. The van der Waals surface area contributed by atoms with Gasteiger partial charge in [-0.25, -0.2) is 9.18 Å². The van der Waals surface area contributed by atoms with Crippen LogP contribution in [0.25, 0.3) is 11.1 Å². The lowest BCUT2D eigenvalue weighted by molar-refractivity contribution is -0.136. The first-order valence-electron chi connectivity index (χ1n) is 9.38. The van der Waals surface area contributed by atoms with Crippen LogP contribution in [0.15, 0.2) is 66.7 Å². The van der Waals surface area contributed by atoms with Crippen molar-refractivity contribution >= 4 is 11.8 Å². The van der Waals surface area contributed by atoms with Gasteiger partial charge < -0.3 is 9.47 Å². The molecule has 0 saturated carbocycles. The highest BCUT2D eigenvalue weighted by Gasteiger charge is 2.33. The number of carbonyl (C=O) groups is 2. The molecule has 0 saturated heterocycles. The number of esters is 1. The predicted octanol–water partition coefficient (Wildman–Crippen LogP) is 5.17. The van der Waals surface area contributed by atoms with Crippen molar-refractivity contribution in [3.8, 4) is 22.6 Å². The van der Waals surface area contributed by atoms with Crippen molar-refractivity contribution in [1.82, 2.24) is 0 Å². The van der Waals surface area contributed by atoms with Gasteiger partial charge >= 0.3 is 5.97 Å². The van der Waals surface area contributed by atoms with Crippen molar-refractivity contribution in [2.45, 2.75) is 19.3 Å². The molecule has 0 amide bonds. The molecular formula is C24H19FO4. The smallest absolute Gasteiger partial charge is 0.349 e. The van der Waals surface area contributed by atoms with E-state index in [0.29, 0.717) is 11.3 Å². The van der Waals surface area contributed by atoms with Crippen LogP contribution in [-0.2, 0) is 4.79 Å². The molecule has 1 aliphatic carbocycles. The molecule has 0 spiro atoms. The summed E-state index contributed by atoms with van der Waals surface area (Å²) in [4.78, 5) is 24.6. The quantitative estimate of drug-likeness (QED) is 0.446. The zero-order valence-electron chi connectivity index (χ0n) is 15.9. The van der Waals surface area contributed by atoms with E-state index in [1.54, 1.807) is 13.0 Å². The average Bonchev–Trinajstić information content (AvgIpc) is 3.04. The number of hydrogen-bond donors (Lipinski definition) is 0. The maximum Gasteiger partial charge on any atom is 0.349 e. The Labute approximate surface area is 167 Å². The zero-order valence-corrected chi connectivity index (χ0v) is 15.9. The molecule has 5 heteroatoms. The Morgan fingerprint density at radius 2 is 1.72 bits per heavy atom. The minimum Gasteiger partial charge on any atom is -0.481 e. The van der Waals surface area contributed by atoms with Gasteiger partial charge in [0.25, 0.3) is 0 Å². The van der Waals surface area contributed by atoms with Crippen LogP contribution >= 0.6 is 0 Å². The fourth-order valence-electron chi connectivity index (χ4n) is 3.65. The summed E-state index contributed by atoms with van der Waals surface area (Å²) < 4.78 is 25.1. The highest BCUT2D eigenvalue weighted by molar-refractivity contribution is 6.04. The number of Topliss-reactive ketones (excluding diaryl/α,β-unsaturated/α-hetero) is 1. The first kappa shape index (κ1) is 18.9. The fraction of sp³-hybridized carbons (Fsp3) is 0.167. The highest BCUT2D eigenvalue weighted by atomic mass is 19.1. The Balaban J connectivity index is 1.50. The molecule has 1 unspecified atom stereocenters. The Morgan fingerprint density at radius 3 is 2.52 bits per heavy atom. The lowest BCUT2D eigenvalue weighted by atomic mass is 10.0. The number of para-hydroxylation sites is 1. The van der Waals surface area contributed by atoms with Crippen LogP contribution in [0.5, 0.6) is 11.5 Å². The molecule has 1 aliphatic rings. The van der Waals surface area contributed by atoms with Crippen molar-refractivity contribution in [2.24, 2.45) is 0 Å². The van der Waals surface area contributed by atoms with E-state index in [0.717, 1.165) is 11.1 Å². The van der Waals surface area contributed by atoms with Crippen molar-refractivity contribution in [1.29, 1.82) is 0 Å². The number of benzene rings is 3. The van der Waals surface area contributed by atoms with Crippen LogP contribution in [0.2, 0.25) is 0 Å². The molecule has 0 radical (unpaired) electrons. The monoisotopic (exact) mass is 390 g/mol. The van der Waals surface area contributed by atoms with E-state index in [2.05, 4.69) is 0 Å². The van der Waals surface area contributed by atoms with Gasteiger partial charge in [-0.05, 0) is 29.7 Å². The second kappa shape index (κ2) is 7.87. The molecule has 0 N–H and O–H groups in total. The van der Waals surface area contributed by atoms with Crippen LogP contribution in [-0.4, -0.2) is 18.4 Å². The second-order valence-electron chi connectivity index (χ2n) is 6.99. The van der Waals surface area contributed by atoms with E-state index in [1.807, 2.05) is 48.5 Å². The second-order valence-corrected chi connectivity index (χ2v) is 6.99. The zero-order chi connectivity index (χ0) is 20.4. The molecule has 3 aromatic carbocycles. The number of carbonyl (C=O) groups excluding carboxylic acids is 2. The van der Waals surface area contributed by atoms with Crippen LogP contribution < -0.4 is 9.47 Å². The number of halogens is 1. The van der Waals surface area contributed by atoms with Gasteiger partial charge in [-0.15, -0.1) is 0 Å². The van der Waals surface area contributed by atoms with Crippen LogP contribution in [0.4, 0.5) is 4.39 Å². The molecule has 0 bridgehead atoms. The summed E-state index contributed by atoms with van der Waals surface area (Å²) in [5, 5.41) is 0. The minimum atomic E-state index is -0.658. The number of hydrogen-bond acceptors (Lipinski definition) is 4. The van der Waals surface area contributed by atoms with E-state index in [1.165, 1.54) is 12.1 Å². The minimum absolute atomic E-state index is 0.0840. The largest absolute Gasteiger partial charge is 0.481 e. The Kier molecular flexibility index (Phi) is 5.12. The lowest BCUT2D eigenvalue weighted by Crippen LogP contribution is -2.19. The number of fused-ring (bicyclic) bond motifs is 1. The number of ketones is 1. The summed E-state index contributed by atoms with van der Waals surface area (Å²) in [5.74, 6) is -0.930. The van der Waals surface area contributed by atoms with Gasteiger partial charge in [0.1, 0.15) is 17.3 Å². The van der Waals surface area contributed by atoms with Crippen molar-refractivity contribution in [2.75, 3.05) is 6.61 Å². The van der Waals surface area contributed by atoms with E-state index in [-0.39, 0.29) is 36.0 Å². The van der Waals surface area contributed by atoms with Gasteiger partial charge in [0.15, 0.2) is 12.4 Å². The molecule has 4 nitrogen and oxygen atoms in total. The van der Waals surface area contributed by atoms with Gasteiger partial charge in [0.2, 0.25) is 0 Å². The van der Waals surface area contributed by atoms with Crippen LogP contribution in [0, 0.1) is 5.82 Å². The third-order valence-electron chi connectivity index (χ3n) is 4.96. The third kappa shape index (κ3) is 3.76. The van der Waals surface area contributed by atoms with E-state index >= 15 is 0 Å². The van der Waals surface area contributed by atoms with Crippen LogP contribution in [0.1, 0.15) is 35.2 Å². The van der Waals surface area contributed by atoms with Crippen LogP contribution in [0.3, 0.4) is 0 Å². The molecule has 4 rings (SSSR count). The van der Waals surface area contributed by atoms with E-state index in [4.69, 9.17) is 9.47 Å². The van der Waals surface area contributed by atoms with Gasteiger partial charge in [-0.2, -0.15) is 0 Å². The van der Waals surface area contributed by atoms with Gasteiger partial charge in [-0.1, -0.05) is 55.5 Å². The average molecular weight is 390 g/mol. The van der Waals surface area contributed by atoms with Crippen molar-refractivity contribution in [3.63, 3.8) is 0 Å². The molecular weight excluding hydrogens is 371 g/mol. The summed E-state index contributed by atoms with van der Waals surface area (Å²) in [6.07, 6.45) is 0.210. The molecule has 146 valence electrons. The van der Waals surface area contributed by atoms with Gasteiger partial charge in [0.05, 0.1) is 5.56 Å². The third-order valence-corrected chi connectivity index (χ3v) is 4.96. The summed E-state index contributed by atoms with van der Waals surface area (Å²) >= 11 is 0. The standard InChI is InChI=1S/C24H19FO4/c1-15-13-19(26)24-21(12-11-18(25)23(15)24)29-22(27)14-28-20-10-6-5-9-17(20)16-7-3-2-4-8-16/h2-12,15H,13-14H2,1H3. The first-order chi connectivity index (χ1) is 14.0. The summed E-state index contributed by atoms with van der Waals surface area (Å²) in [5.41, 5.74) is 2.30.